The van der Waals surface area contributed by atoms with Crippen molar-refractivity contribution in [3.8, 4) is 0 Å². The number of rotatable bonds is 0. The molecular weight excluding hydrogens is 280 g/mol. The lowest BCUT2D eigenvalue weighted by atomic mass is 11.9. The molecule has 0 aromatic heterocycles. The van der Waals surface area contributed by atoms with Gasteiger partial charge in [0.25, 0.3) is 0 Å². The fourth-order valence-electron chi connectivity index (χ4n) is 1.94. The Morgan fingerprint density at radius 2 is 0.875 bits per heavy atom. The number of hydrogen-bond donors (Lipinski definition) is 2. The molecule has 2 atom stereocenters. The molecule has 1 aliphatic heterocycles. The van der Waals surface area contributed by atoms with Gasteiger partial charge in [0.05, 0.1) is 0 Å². The fraction of sp³-hybridized carbons (Fsp3) is 1.00. The zero-order valence-corrected chi connectivity index (χ0v) is 14.5. The van der Waals surface area contributed by atoms with Gasteiger partial charge < -0.3 is 26.1 Å². The van der Waals surface area contributed by atoms with E-state index in [2.05, 4.69) is 0 Å². The van der Waals surface area contributed by atoms with E-state index >= 15 is 0 Å². The molecule has 0 aromatic rings. The SMILES string of the molecule is C[Si]1(C)O[Si](C)(C)O[Si](C)(O)O[Si](C)(O)O1. The highest BCUT2D eigenvalue weighted by Gasteiger charge is 2.54. The molecule has 0 aliphatic carbocycles. The highest BCUT2D eigenvalue weighted by atomic mass is 28.5. The summed E-state index contributed by atoms with van der Waals surface area (Å²) in [4.78, 5) is 20.0. The highest BCUT2D eigenvalue weighted by Crippen LogP contribution is 2.28. The van der Waals surface area contributed by atoms with E-state index in [0.29, 0.717) is 0 Å². The Morgan fingerprint density at radius 3 is 1.19 bits per heavy atom. The molecule has 10 heteroatoms. The predicted octanol–water partition coefficient (Wildman–Crippen LogP) is 0.592. The average Bonchev–Trinajstić information content (AvgIpc) is 1.67. The Balaban J connectivity index is 2.98. The van der Waals surface area contributed by atoms with E-state index in [-0.39, 0.29) is 0 Å². The standard InChI is InChI=1S/C6H20O6Si4/c1-13(2)9-14(3,4)11-16(6,8)12-15(5,7)10-13/h7-8H,1-6H3. The molecule has 0 radical (unpaired) electrons. The summed E-state index contributed by atoms with van der Waals surface area (Å²) in [6.07, 6.45) is 0. The van der Waals surface area contributed by atoms with Crippen LogP contribution in [-0.2, 0) is 16.5 Å². The van der Waals surface area contributed by atoms with Crippen LogP contribution >= 0.6 is 0 Å². The van der Waals surface area contributed by atoms with Crippen molar-refractivity contribution in [3.05, 3.63) is 0 Å². The lowest BCUT2D eigenvalue weighted by Crippen LogP contribution is -2.66. The average molecular weight is 301 g/mol. The molecule has 2 N–H and O–H groups in total. The summed E-state index contributed by atoms with van der Waals surface area (Å²) in [6, 6.07) is 0. The predicted molar refractivity (Wildman–Crippen MR) is 67.0 cm³/mol. The van der Waals surface area contributed by atoms with Gasteiger partial charge in [-0.05, 0) is 26.2 Å². The quantitative estimate of drug-likeness (QED) is 0.638. The molecular formula is C6H20O6Si4. The molecule has 1 rings (SSSR count). The smallest absolute Gasteiger partial charge is 0.416 e. The minimum atomic E-state index is -3.36. The third kappa shape index (κ3) is 4.48. The summed E-state index contributed by atoms with van der Waals surface area (Å²) < 4.78 is 22.2. The maximum Gasteiger partial charge on any atom is 0.478 e. The van der Waals surface area contributed by atoms with Gasteiger partial charge in [-0.3, -0.25) is 0 Å². The van der Waals surface area contributed by atoms with Crippen LogP contribution in [0.15, 0.2) is 0 Å². The van der Waals surface area contributed by atoms with E-state index in [4.69, 9.17) is 16.5 Å². The van der Waals surface area contributed by atoms with E-state index in [1.807, 2.05) is 26.2 Å². The maximum atomic E-state index is 9.98. The Morgan fingerprint density at radius 1 is 0.562 bits per heavy atom. The molecule has 0 amide bonds. The van der Waals surface area contributed by atoms with Gasteiger partial charge in [-0.25, -0.2) is 0 Å². The molecule has 1 heterocycles. The van der Waals surface area contributed by atoms with Gasteiger partial charge in [0, 0.05) is 13.1 Å². The molecule has 6 nitrogen and oxygen atoms in total. The van der Waals surface area contributed by atoms with Gasteiger partial charge in [0.2, 0.25) is 0 Å². The number of hydrogen-bond acceptors (Lipinski definition) is 6. The zero-order valence-electron chi connectivity index (χ0n) is 10.5. The fourth-order valence-corrected chi connectivity index (χ4v) is 18.9. The van der Waals surface area contributed by atoms with Crippen LogP contribution in [0.1, 0.15) is 0 Å². The first-order chi connectivity index (χ1) is 6.83. The van der Waals surface area contributed by atoms with E-state index in [0.717, 1.165) is 0 Å². The van der Waals surface area contributed by atoms with E-state index in [1.165, 1.54) is 13.1 Å². The second-order valence-corrected chi connectivity index (χ2v) is 17.5. The summed E-state index contributed by atoms with van der Waals surface area (Å²) in [5.41, 5.74) is 0. The van der Waals surface area contributed by atoms with Crippen LogP contribution < -0.4 is 0 Å². The summed E-state index contributed by atoms with van der Waals surface area (Å²) in [5.74, 6) is 0. The van der Waals surface area contributed by atoms with Crippen molar-refractivity contribution >= 4 is 34.7 Å². The van der Waals surface area contributed by atoms with Crippen LogP contribution in [0, 0.1) is 0 Å². The molecule has 1 aliphatic rings. The van der Waals surface area contributed by atoms with Gasteiger partial charge in [-0.1, -0.05) is 0 Å². The largest absolute Gasteiger partial charge is 0.478 e. The third-order valence-corrected chi connectivity index (χ3v) is 15.7. The van der Waals surface area contributed by atoms with Crippen molar-refractivity contribution in [2.45, 2.75) is 39.3 Å². The van der Waals surface area contributed by atoms with Crippen molar-refractivity contribution in [2.24, 2.45) is 0 Å². The molecule has 0 aromatic carbocycles. The molecule has 96 valence electrons. The Kier molecular flexibility index (Phi) is 3.75. The monoisotopic (exact) mass is 300 g/mol. The molecule has 0 spiro atoms. The molecule has 1 saturated heterocycles. The van der Waals surface area contributed by atoms with Gasteiger partial charge in [0.15, 0.2) is 0 Å². The lowest BCUT2D eigenvalue weighted by molar-refractivity contribution is 0.135. The van der Waals surface area contributed by atoms with E-state index in [1.54, 1.807) is 0 Å². The normalized spacial score (nSPS) is 43.5. The zero-order chi connectivity index (χ0) is 12.8. The van der Waals surface area contributed by atoms with E-state index in [9.17, 15) is 9.59 Å². The summed E-state index contributed by atoms with van der Waals surface area (Å²) in [6.45, 7) is 10.3. The van der Waals surface area contributed by atoms with Crippen molar-refractivity contribution in [1.82, 2.24) is 0 Å². The van der Waals surface area contributed by atoms with Gasteiger partial charge in [-0.15, -0.1) is 0 Å². The van der Waals surface area contributed by atoms with Crippen LogP contribution in [-0.4, -0.2) is 44.3 Å². The highest BCUT2D eigenvalue weighted by molar-refractivity contribution is 6.89. The topological polar surface area (TPSA) is 77.4 Å². The lowest BCUT2D eigenvalue weighted by Gasteiger charge is -2.43. The first-order valence-corrected chi connectivity index (χ1v) is 15.2. The molecule has 0 bridgehead atoms. The maximum absolute atomic E-state index is 9.98. The van der Waals surface area contributed by atoms with Gasteiger partial charge in [0.1, 0.15) is 0 Å². The Bertz CT molecular complexity index is 206. The van der Waals surface area contributed by atoms with Crippen molar-refractivity contribution in [1.29, 1.82) is 0 Å². The van der Waals surface area contributed by atoms with Crippen molar-refractivity contribution in [2.75, 3.05) is 0 Å². The Labute approximate surface area is 100 Å². The first kappa shape index (κ1) is 14.7. The van der Waals surface area contributed by atoms with Crippen LogP contribution in [0.5, 0.6) is 0 Å². The van der Waals surface area contributed by atoms with Crippen LogP contribution in [0.4, 0.5) is 0 Å². The Hall–Kier alpha value is 0.628. The summed E-state index contributed by atoms with van der Waals surface area (Å²) in [7, 11) is -11.7. The van der Waals surface area contributed by atoms with Crippen LogP contribution in [0.2, 0.25) is 39.3 Å². The van der Waals surface area contributed by atoms with Crippen molar-refractivity contribution in [3.63, 3.8) is 0 Å². The third-order valence-electron chi connectivity index (χ3n) is 1.74. The van der Waals surface area contributed by atoms with Gasteiger partial charge >= 0.3 is 34.7 Å². The minimum absolute atomic E-state index is 1.47. The first-order valence-electron chi connectivity index (χ1n) is 5.08. The molecule has 1 fully saturated rings. The molecule has 0 saturated carbocycles. The minimum Gasteiger partial charge on any atom is -0.416 e. The van der Waals surface area contributed by atoms with E-state index < -0.39 is 34.7 Å². The summed E-state index contributed by atoms with van der Waals surface area (Å²) in [5, 5.41) is 0. The van der Waals surface area contributed by atoms with Crippen molar-refractivity contribution < 1.29 is 26.1 Å². The molecule has 2 unspecified atom stereocenters. The van der Waals surface area contributed by atoms with Crippen LogP contribution in [0.25, 0.3) is 0 Å². The summed E-state index contributed by atoms with van der Waals surface area (Å²) >= 11 is 0. The molecule has 16 heavy (non-hydrogen) atoms. The van der Waals surface area contributed by atoms with Crippen LogP contribution in [0.3, 0.4) is 0 Å². The second kappa shape index (κ2) is 4.08. The second-order valence-electron chi connectivity index (χ2n) is 5.00. The van der Waals surface area contributed by atoms with Gasteiger partial charge in [-0.2, -0.15) is 0 Å².